The summed E-state index contributed by atoms with van der Waals surface area (Å²) in [5.74, 6) is 0.0297. The predicted molar refractivity (Wildman–Crippen MR) is 54.7 cm³/mol. The molecule has 0 atom stereocenters. The van der Waals surface area contributed by atoms with Gasteiger partial charge in [-0.25, -0.2) is 14.4 Å². The van der Waals surface area contributed by atoms with Crippen LogP contribution in [0.4, 0.5) is 16.2 Å². The van der Waals surface area contributed by atoms with Crippen LogP contribution in [0.5, 0.6) is 0 Å². The molecule has 0 aliphatic rings. The van der Waals surface area contributed by atoms with E-state index in [-0.39, 0.29) is 18.3 Å². The molecular formula is C8H10FN7. The van der Waals surface area contributed by atoms with Crippen LogP contribution in [-0.2, 0) is 13.6 Å². The molecule has 16 heavy (non-hydrogen) atoms. The molecule has 2 aromatic rings. The first-order valence-electron chi connectivity index (χ1n) is 4.51. The first-order valence-corrected chi connectivity index (χ1v) is 4.51. The largest absolute Gasteiger partial charge is 0.368 e. The van der Waals surface area contributed by atoms with Crippen molar-refractivity contribution in [3.8, 4) is 0 Å². The van der Waals surface area contributed by atoms with Crippen LogP contribution < -0.4 is 11.1 Å². The molecule has 0 radical (unpaired) electrons. The molecule has 84 valence electrons. The van der Waals surface area contributed by atoms with Gasteiger partial charge in [0.05, 0.1) is 12.7 Å². The Bertz CT molecular complexity index is 495. The van der Waals surface area contributed by atoms with Crippen LogP contribution in [0, 0.1) is 5.82 Å². The number of nitrogen functional groups attached to an aromatic ring is 1. The van der Waals surface area contributed by atoms with Crippen molar-refractivity contribution in [3.05, 3.63) is 24.2 Å². The van der Waals surface area contributed by atoms with Crippen LogP contribution in [0.2, 0.25) is 0 Å². The van der Waals surface area contributed by atoms with E-state index in [2.05, 4.69) is 25.4 Å². The third-order valence-electron chi connectivity index (χ3n) is 1.82. The fourth-order valence-corrected chi connectivity index (χ4v) is 1.13. The number of aryl methyl sites for hydroxylation is 1. The van der Waals surface area contributed by atoms with Crippen molar-refractivity contribution in [2.45, 2.75) is 6.54 Å². The molecule has 0 bridgehead atoms. The first kappa shape index (κ1) is 10.3. The average molecular weight is 223 g/mol. The van der Waals surface area contributed by atoms with Crippen LogP contribution in [0.1, 0.15) is 5.82 Å². The summed E-state index contributed by atoms with van der Waals surface area (Å²) in [6, 6.07) is 0. The standard InChI is InChI=1S/C8H10FN7/c1-16-4-13-6(15-16)3-11-7-5(9)2-12-8(10)14-7/h2,4H,3H2,1H3,(H3,10,11,12,14). The Labute approximate surface area is 90.5 Å². The van der Waals surface area contributed by atoms with E-state index < -0.39 is 5.82 Å². The summed E-state index contributed by atoms with van der Waals surface area (Å²) in [7, 11) is 1.75. The molecule has 8 heteroatoms. The van der Waals surface area contributed by atoms with E-state index in [0.717, 1.165) is 6.20 Å². The van der Waals surface area contributed by atoms with E-state index in [0.29, 0.717) is 5.82 Å². The Morgan fingerprint density at radius 2 is 2.31 bits per heavy atom. The zero-order valence-electron chi connectivity index (χ0n) is 8.55. The van der Waals surface area contributed by atoms with Gasteiger partial charge in [0.1, 0.15) is 6.33 Å². The molecule has 0 saturated carbocycles. The fourth-order valence-electron chi connectivity index (χ4n) is 1.13. The number of rotatable bonds is 3. The smallest absolute Gasteiger partial charge is 0.222 e. The molecule has 0 spiro atoms. The van der Waals surface area contributed by atoms with Gasteiger partial charge in [-0.3, -0.25) is 4.68 Å². The second kappa shape index (κ2) is 4.09. The minimum Gasteiger partial charge on any atom is -0.368 e. The third kappa shape index (κ3) is 2.22. The van der Waals surface area contributed by atoms with Crippen molar-refractivity contribution in [2.24, 2.45) is 7.05 Å². The van der Waals surface area contributed by atoms with E-state index in [4.69, 9.17) is 5.73 Å². The van der Waals surface area contributed by atoms with Gasteiger partial charge >= 0.3 is 0 Å². The normalized spacial score (nSPS) is 10.4. The molecule has 0 unspecified atom stereocenters. The number of anilines is 2. The van der Waals surface area contributed by atoms with Crippen LogP contribution in [0.25, 0.3) is 0 Å². The Balaban J connectivity index is 2.07. The van der Waals surface area contributed by atoms with E-state index >= 15 is 0 Å². The summed E-state index contributed by atoms with van der Waals surface area (Å²) < 4.78 is 14.7. The van der Waals surface area contributed by atoms with Gasteiger partial charge < -0.3 is 11.1 Å². The average Bonchev–Trinajstić information content (AvgIpc) is 2.66. The van der Waals surface area contributed by atoms with Crippen molar-refractivity contribution in [2.75, 3.05) is 11.1 Å². The van der Waals surface area contributed by atoms with Gasteiger partial charge in [-0.1, -0.05) is 0 Å². The van der Waals surface area contributed by atoms with Crippen molar-refractivity contribution in [1.29, 1.82) is 0 Å². The van der Waals surface area contributed by atoms with Crippen molar-refractivity contribution in [1.82, 2.24) is 24.7 Å². The van der Waals surface area contributed by atoms with Gasteiger partial charge in [-0.2, -0.15) is 10.1 Å². The summed E-state index contributed by atoms with van der Waals surface area (Å²) >= 11 is 0. The molecule has 2 heterocycles. The maximum absolute atomic E-state index is 13.2. The van der Waals surface area contributed by atoms with Gasteiger partial charge in [0, 0.05) is 7.05 Å². The van der Waals surface area contributed by atoms with Gasteiger partial charge in [-0.15, -0.1) is 0 Å². The van der Waals surface area contributed by atoms with E-state index in [1.165, 1.54) is 0 Å². The van der Waals surface area contributed by atoms with Crippen LogP contribution in [0.15, 0.2) is 12.5 Å². The maximum Gasteiger partial charge on any atom is 0.222 e. The van der Waals surface area contributed by atoms with Gasteiger partial charge in [0.2, 0.25) is 5.95 Å². The SMILES string of the molecule is Cn1cnc(CNc2nc(N)ncc2F)n1. The molecule has 0 saturated heterocycles. The monoisotopic (exact) mass is 223 g/mol. The number of hydrogen-bond acceptors (Lipinski definition) is 6. The van der Waals surface area contributed by atoms with E-state index in [1.807, 2.05) is 0 Å². The molecule has 2 aromatic heterocycles. The molecule has 0 amide bonds. The Morgan fingerprint density at radius 3 is 3.00 bits per heavy atom. The minimum absolute atomic E-state index is 0.0119. The lowest BCUT2D eigenvalue weighted by Gasteiger charge is -2.03. The van der Waals surface area contributed by atoms with Crippen molar-refractivity contribution < 1.29 is 4.39 Å². The zero-order chi connectivity index (χ0) is 11.5. The molecular weight excluding hydrogens is 213 g/mol. The molecule has 3 N–H and O–H groups in total. The lowest BCUT2D eigenvalue weighted by atomic mass is 10.5. The Kier molecular flexibility index (Phi) is 2.63. The molecule has 0 aliphatic heterocycles. The molecule has 2 rings (SSSR count). The number of nitrogens with zero attached hydrogens (tertiary/aromatic N) is 5. The summed E-state index contributed by atoms with van der Waals surface area (Å²) in [4.78, 5) is 11.2. The molecule has 0 aliphatic carbocycles. The number of hydrogen-bond donors (Lipinski definition) is 2. The lowest BCUT2D eigenvalue weighted by molar-refractivity contribution is 0.617. The summed E-state index contributed by atoms with van der Waals surface area (Å²) in [6.07, 6.45) is 2.57. The number of nitrogens with two attached hydrogens (primary N) is 1. The molecule has 0 aromatic carbocycles. The van der Waals surface area contributed by atoms with Crippen LogP contribution in [0.3, 0.4) is 0 Å². The Hall–Kier alpha value is -2.25. The quantitative estimate of drug-likeness (QED) is 0.756. The third-order valence-corrected chi connectivity index (χ3v) is 1.82. The number of aromatic nitrogens is 5. The van der Waals surface area contributed by atoms with Gasteiger partial charge in [0.15, 0.2) is 17.5 Å². The number of halogens is 1. The van der Waals surface area contributed by atoms with Gasteiger partial charge in [-0.05, 0) is 0 Å². The fraction of sp³-hybridized carbons (Fsp3) is 0.250. The highest BCUT2D eigenvalue weighted by Crippen LogP contribution is 2.10. The van der Waals surface area contributed by atoms with Crippen LogP contribution >= 0.6 is 0 Å². The highest BCUT2D eigenvalue weighted by atomic mass is 19.1. The summed E-state index contributed by atoms with van der Waals surface area (Å²) in [5.41, 5.74) is 5.34. The Morgan fingerprint density at radius 1 is 1.50 bits per heavy atom. The van der Waals surface area contributed by atoms with E-state index in [1.54, 1.807) is 18.1 Å². The molecule has 7 nitrogen and oxygen atoms in total. The predicted octanol–water partition coefficient (Wildman–Crippen LogP) is -0.0615. The second-order valence-electron chi connectivity index (χ2n) is 3.11. The topological polar surface area (TPSA) is 94.5 Å². The summed E-state index contributed by atoms with van der Waals surface area (Å²) in [5, 5.41) is 6.76. The highest BCUT2D eigenvalue weighted by molar-refractivity contribution is 5.39. The maximum atomic E-state index is 13.2. The van der Waals surface area contributed by atoms with Crippen molar-refractivity contribution in [3.63, 3.8) is 0 Å². The summed E-state index contributed by atoms with van der Waals surface area (Å²) in [6.45, 7) is 0.272. The van der Waals surface area contributed by atoms with E-state index in [9.17, 15) is 4.39 Å². The van der Waals surface area contributed by atoms with Crippen LogP contribution in [-0.4, -0.2) is 24.7 Å². The number of nitrogens with one attached hydrogen (secondary N) is 1. The first-order chi connectivity index (χ1) is 7.65. The van der Waals surface area contributed by atoms with Crippen molar-refractivity contribution >= 4 is 11.8 Å². The highest BCUT2D eigenvalue weighted by Gasteiger charge is 2.06. The lowest BCUT2D eigenvalue weighted by Crippen LogP contribution is -2.07. The minimum atomic E-state index is -0.565. The second-order valence-corrected chi connectivity index (χ2v) is 3.11. The van der Waals surface area contributed by atoms with Gasteiger partial charge in [0.25, 0.3) is 0 Å². The zero-order valence-corrected chi connectivity index (χ0v) is 8.55. The molecule has 0 fully saturated rings.